The number of rotatable bonds is 7. The highest BCUT2D eigenvalue weighted by Crippen LogP contribution is 2.22. The first-order valence-corrected chi connectivity index (χ1v) is 11.1. The normalized spacial score (nSPS) is 16.4. The number of hydrogen-bond donors (Lipinski definition) is 2. The molecule has 4 rings (SSSR count). The first kappa shape index (κ1) is 23.6. The van der Waals surface area contributed by atoms with Gasteiger partial charge in [-0.3, -0.25) is 4.79 Å². The molecule has 7 nitrogen and oxygen atoms in total. The van der Waals surface area contributed by atoms with Gasteiger partial charge < -0.3 is 20.3 Å². The van der Waals surface area contributed by atoms with Gasteiger partial charge >= 0.3 is 6.09 Å². The lowest BCUT2D eigenvalue weighted by Crippen LogP contribution is -2.41. The van der Waals surface area contributed by atoms with E-state index in [1.807, 2.05) is 36.4 Å². The lowest BCUT2D eigenvalue weighted by molar-refractivity contribution is 0.0801. The summed E-state index contributed by atoms with van der Waals surface area (Å²) in [6.07, 6.45) is 6.69. The molecule has 1 aliphatic heterocycles. The number of amides is 2. The average molecular weight is 439 g/mol. The van der Waals surface area contributed by atoms with Gasteiger partial charge in [-0.15, -0.1) is 0 Å². The number of benzene rings is 1. The van der Waals surface area contributed by atoms with Gasteiger partial charge in [0.2, 0.25) is 0 Å². The molecule has 2 N–H and O–H groups in total. The monoisotopic (exact) mass is 438 g/mol. The molecule has 2 aliphatic rings. The van der Waals surface area contributed by atoms with Gasteiger partial charge in [-0.05, 0) is 55.7 Å². The number of anilines is 1. The van der Waals surface area contributed by atoms with Crippen molar-refractivity contribution in [2.75, 3.05) is 25.0 Å². The van der Waals surface area contributed by atoms with Crippen molar-refractivity contribution in [2.45, 2.75) is 52.2 Å². The molecule has 2 fully saturated rings. The summed E-state index contributed by atoms with van der Waals surface area (Å²) in [7, 11) is 0. The van der Waals surface area contributed by atoms with E-state index < -0.39 is 0 Å². The van der Waals surface area contributed by atoms with Gasteiger partial charge in [0.05, 0.1) is 0 Å². The van der Waals surface area contributed by atoms with Crippen LogP contribution in [0.1, 0.15) is 55.5 Å². The van der Waals surface area contributed by atoms with E-state index in [2.05, 4.69) is 15.6 Å². The number of carbonyl (C=O) groups is 2. The second-order valence-electron chi connectivity index (χ2n) is 8.38. The molecule has 1 aliphatic carbocycles. The summed E-state index contributed by atoms with van der Waals surface area (Å²) in [4.78, 5) is 30.9. The van der Waals surface area contributed by atoms with E-state index in [0.717, 1.165) is 37.1 Å². The summed E-state index contributed by atoms with van der Waals surface area (Å²) < 4.78 is 5.42. The Labute approximate surface area is 190 Å². The maximum absolute atomic E-state index is 12.6. The Morgan fingerprint density at radius 3 is 2.50 bits per heavy atom. The fourth-order valence-electron chi connectivity index (χ4n) is 3.88. The molecule has 2 aromatic rings. The molecule has 172 valence electrons. The van der Waals surface area contributed by atoms with Crippen LogP contribution in [0.15, 0.2) is 48.7 Å². The lowest BCUT2D eigenvalue weighted by atomic mass is 9.93. The van der Waals surface area contributed by atoms with Crippen LogP contribution >= 0.6 is 0 Å². The number of aromatic nitrogens is 1. The minimum absolute atomic E-state index is 0. The summed E-state index contributed by atoms with van der Waals surface area (Å²) in [5, 5.41) is 6.41. The molecule has 32 heavy (non-hydrogen) atoms. The molecule has 0 spiro atoms. The van der Waals surface area contributed by atoms with Crippen molar-refractivity contribution in [2.24, 2.45) is 5.92 Å². The Morgan fingerprint density at radius 2 is 1.81 bits per heavy atom. The maximum Gasteiger partial charge on any atom is 0.410 e. The minimum Gasteiger partial charge on any atom is -0.445 e. The van der Waals surface area contributed by atoms with E-state index in [0.29, 0.717) is 43.8 Å². The van der Waals surface area contributed by atoms with Gasteiger partial charge in [0.15, 0.2) is 0 Å². The van der Waals surface area contributed by atoms with Crippen LogP contribution in [0.25, 0.3) is 0 Å². The minimum atomic E-state index is -0.269. The van der Waals surface area contributed by atoms with Crippen molar-refractivity contribution >= 4 is 17.8 Å². The standard InChI is InChI=1S/C24H30N4O3.CH4/c29-23(20-9-12-25-22(15-20)27-21-7-4-8-21)26-16-18-10-13-28(14-11-18)24(30)31-17-19-5-2-1-3-6-19;/h1-3,5-6,9,12,15,18,21H,4,7-8,10-11,13-14,16-17H2,(H,25,27)(H,26,29);1H4. The van der Waals surface area contributed by atoms with E-state index in [9.17, 15) is 9.59 Å². The zero-order valence-electron chi connectivity index (χ0n) is 17.8. The Hall–Kier alpha value is -3.09. The molecule has 1 saturated carbocycles. The molecule has 1 saturated heterocycles. The zero-order valence-corrected chi connectivity index (χ0v) is 17.8. The van der Waals surface area contributed by atoms with E-state index >= 15 is 0 Å². The SMILES string of the molecule is C.O=C(NCC1CCN(C(=O)OCc2ccccc2)CC1)c1ccnc(NC2CCC2)c1. The third-order valence-corrected chi connectivity index (χ3v) is 6.11. The van der Waals surface area contributed by atoms with Gasteiger partial charge in [0.25, 0.3) is 5.91 Å². The summed E-state index contributed by atoms with van der Waals surface area (Å²) in [5.41, 5.74) is 1.61. The molecule has 2 heterocycles. The van der Waals surface area contributed by atoms with Gasteiger partial charge in [0.1, 0.15) is 12.4 Å². The number of piperidine rings is 1. The summed E-state index contributed by atoms with van der Waals surface area (Å²) in [5.74, 6) is 1.04. The fraction of sp³-hybridized carbons (Fsp3) is 0.480. The van der Waals surface area contributed by atoms with Crippen LogP contribution < -0.4 is 10.6 Å². The second kappa shape index (κ2) is 11.5. The highest BCUT2D eigenvalue weighted by molar-refractivity contribution is 5.94. The number of nitrogens with zero attached hydrogens (tertiary/aromatic N) is 2. The van der Waals surface area contributed by atoms with Crippen LogP contribution in [-0.4, -0.2) is 47.6 Å². The summed E-state index contributed by atoms with van der Waals surface area (Å²) >= 11 is 0. The van der Waals surface area contributed by atoms with E-state index in [4.69, 9.17) is 4.74 Å². The van der Waals surface area contributed by atoms with Crippen LogP contribution in [0.3, 0.4) is 0 Å². The van der Waals surface area contributed by atoms with Crippen LogP contribution in [0.2, 0.25) is 0 Å². The highest BCUT2D eigenvalue weighted by Gasteiger charge is 2.24. The number of carbonyl (C=O) groups excluding carboxylic acids is 2. The second-order valence-corrected chi connectivity index (χ2v) is 8.38. The Balaban J connectivity index is 0.00000289. The van der Waals surface area contributed by atoms with E-state index in [-0.39, 0.29) is 19.4 Å². The quantitative estimate of drug-likeness (QED) is 0.667. The van der Waals surface area contributed by atoms with Crippen molar-refractivity contribution in [1.29, 1.82) is 0 Å². The molecule has 0 bridgehead atoms. The van der Waals surface area contributed by atoms with Gasteiger partial charge in [-0.2, -0.15) is 0 Å². The van der Waals surface area contributed by atoms with Crippen molar-refractivity contribution in [3.63, 3.8) is 0 Å². The van der Waals surface area contributed by atoms with Crippen LogP contribution in [0.5, 0.6) is 0 Å². The third kappa shape index (κ3) is 6.45. The van der Waals surface area contributed by atoms with Crippen LogP contribution in [-0.2, 0) is 11.3 Å². The van der Waals surface area contributed by atoms with Gasteiger partial charge in [-0.1, -0.05) is 37.8 Å². The molecule has 1 aromatic heterocycles. The van der Waals surface area contributed by atoms with Gasteiger partial charge in [-0.25, -0.2) is 9.78 Å². The number of ether oxygens (including phenoxy) is 1. The van der Waals surface area contributed by atoms with Crippen molar-refractivity contribution in [3.8, 4) is 0 Å². The topological polar surface area (TPSA) is 83.6 Å². The first-order valence-electron chi connectivity index (χ1n) is 11.1. The highest BCUT2D eigenvalue weighted by atomic mass is 16.6. The molecule has 2 amide bonds. The molecule has 7 heteroatoms. The molecule has 0 atom stereocenters. The first-order chi connectivity index (χ1) is 15.2. The summed E-state index contributed by atoms with van der Waals surface area (Å²) in [6.45, 7) is 2.20. The predicted octanol–water partition coefficient (Wildman–Crippen LogP) is 4.46. The Bertz CT molecular complexity index is 878. The number of nitrogens with one attached hydrogen (secondary N) is 2. The van der Waals surface area contributed by atoms with E-state index in [1.54, 1.807) is 17.2 Å². The number of pyridine rings is 1. The lowest BCUT2D eigenvalue weighted by Gasteiger charge is -2.31. The molecule has 0 radical (unpaired) electrons. The smallest absolute Gasteiger partial charge is 0.410 e. The van der Waals surface area contributed by atoms with Crippen LogP contribution in [0, 0.1) is 5.92 Å². The van der Waals surface area contributed by atoms with E-state index in [1.165, 1.54) is 6.42 Å². The van der Waals surface area contributed by atoms with Crippen LogP contribution in [0.4, 0.5) is 10.6 Å². The Morgan fingerprint density at radius 1 is 1.06 bits per heavy atom. The average Bonchev–Trinajstić information content (AvgIpc) is 2.79. The number of likely N-dealkylation sites (tertiary alicyclic amines) is 1. The number of hydrogen-bond acceptors (Lipinski definition) is 5. The fourth-order valence-corrected chi connectivity index (χ4v) is 3.88. The maximum atomic E-state index is 12.6. The van der Waals surface area contributed by atoms with Crippen molar-refractivity contribution in [1.82, 2.24) is 15.2 Å². The zero-order chi connectivity index (χ0) is 21.5. The third-order valence-electron chi connectivity index (χ3n) is 6.11. The summed E-state index contributed by atoms with van der Waals surface area (Å²) in [6, 6.07) is 13.7. The molecular formula is C25H34N4O3. The van der Waals surface area contributed by atoms with Crippen molar-refractivity contribution in [3.05, 3.63) is 59.8 Å². The largest absolute Gasteiger partial charge is 0.445 e. The van der Waals surface area contributed by atoms with Gasteiger partial charge in [0, 0.05) is 37.4 Å². The molecule has 0 unspecified atom stereocenters. The molecular weight excluding hydrogens is 404 g/mol. The Kier molecular flexibility index (Phi) is 8.48. The molecule has 1 aromatic carbocycles. The predicted molar refractivity (Wildman–Crippen MR) is 125 cm³/mol. The van der Waals surface area contributed by atoms with Crippen molar-refractivity contribution < 1.29 is 14.3 Å².